The van der Waals surface area contributed by atoms with Gasteiger partial charge >= 0.3 is 5.97 Å². The molecule has 1 heterocycles. The number of benzene rings is 2. The van der Waals surface area contributed by atoms with Gasteiger partial charge in [0.2, 0.25) is 0 Å². The van der Waals surface area contributed by atoms with Crippen molar-refractivity contribution in [3.05, 3.63) is 78.0 Å². The Morgan fingerprint density at radius 2 is 1.73 bits per heavy atom. The molecule has 0 saturated heterocycles. The first-order chi connectivity index (χ1) is 10.7. The number of rotatable bonds is 4. The van der Waals surface area contributed by atoms with Crippen LogP contribution in [0.1, 0.15) is 16.1 Å². The molecule has 110 valence electrons. The van der Waals surface area contributed by atoms with Gasteiger partial charge in [-0.05, 0) is 24.3 Å². The molecule has 22 heavy (non-hydrogen) atoms. The highest BCUT2D eigenvalue weighted by Crippen LogP contribution is 2.15. The molecule has 0 radical (unpaired) electrons. The number of carbonyl (C=O) groups is 1. The van der Waals surface area contributed by atoms with Gasteiger partial charge in [0.15, 0.2) is 5.56 Å². The molecule has 0 aliphatic carbocycles. The van der Waals surface area contributed by atoms with Crippen LogP contribution in [0.3, 0.4) is 0 Å². The number of hydrogen-bond acceptors (Lipinski definition) is 3. The van der Waals surface area contributed by atoms with Crippen LogP contribution >= 0.6 is 11.6 Å². The fourth-order valence-electron chi connectivity index (χ4n) is 2.19. The fourth-order valence-corrected chi connectivity index (χ4v) is 2.43. The summed E-state index contributed by atoms with van der Waals surface area (Å²) in [4.78, 5) is 16.5. The highest BCUT2D eigenvalue weighted by molar-refractivity contribution is 6.20. The molecule has 0 saturated carbocycles. The van der Waals surface area contributed by atoms with Crippen LogP contribution in [0.15, 0.2) is 66.7 Å². The minimum Gasteiger partial charge on any atom is -0.442 e. The number of esters is 1. The summed E-state index contributed by atoms with van der Waals surface area (Å²) < 4.78 is 5.24. The highest BCUT2D eigenvalue weighted by Gasteiger charge is 2.14. The fraction of sp³-hybridized carbons (Fsp3) is 0.111. The lowest BCUT2D eigenvalue weighted by Gasteiger charge is -2.11. The van der Waals surface area contributed by atoms with Crippen LogP contribution in [0.2, 0.25) is 0 Å². The smallest absolute Gasteiger partial charge is 0.339 e. The van der Waals surface area contributed by atoms with Crippen LogP contribution in [-0.2, 0) is 11.2 Å². The molecule has 0 aliphatic heterocycles. The molecule has 1 unspecified atom stereocenters. The third-order valence-corrected chi connectivity index (χ3v) is 3.51. The monoisotopic (exact) mass is 311 g/mol. The molecule has 0 N–H and O–H groups in total. The average molecular weight is 312 g/mol. The van der Waals surface area contributed by atoms with E-state index in [0.717, 1.165) is 16.6 Å². The molecule has 0 aliphatic rings. The quantitative estimate of drug-likeness (QED) is 0.535. The molecule has 0 amide bonds. The van der Waals surface area contributed by atoms with E-state index in [1.54, 1.807) is 24.3 Å². The summed E-state index contributed by atoms with van der Waals surface area (Å²) >= 11 is 6.13. The Kier molecular flexibility index (Phi) is 4.35. The van der Waals surface area contributed by atoms with Gasteiger partial charge in [-0.25, -0.2) is 4.79 Å². The van der Waals surface area contributed by atoms with E-state index >= 15 is 0 Å². The molecule has 0 bridgehead atoms. The number of nitrogens with zero attached hydrogens (tertiary/aromatic N) is 1. The maximum Gasteiger partial charge on any atom is 0.339 e. The lowest BCUT2D eigenvalue weighted by Crippen LogP contribution is -2.15. The lowest BCUT2D eigenvalue weighted by atomic mass is 10.2. The minimum absolute atomic E-state index is 0.366. The lowest BCUT2D eigenvalue weighted by molar-refractivity contribution is 0.0448. The molecule has 3 aromatic rings. The van der Waals surface area contributed by atoms with Gasteiger partial charge in [-0.1, -0.05) is 54.1 Å². The molecular weight excluding hydrogens is 298 g/mol. The molecule has 0 spiro atoms. The average Bonchev–Trinajstić information content (AvgIpc) is 2.55. The van der Waals surface area contributed by atoms with E-state index in [2.05, 4.69) is 4.98 Å². The van der Waals surface area contributed by atoms with Crippen LogP contribution in [0, 0.1) is 0 Å². The van der Waals surface area contributed by atoms with Gasteiger partial charge < -0.3 is 4.74 Å². The summed E-state index contributed by atoms with van der Waals surface area (Å²) in [5, 5.41) is 1.07. The van der Waals surface area contributed by atoms with Gasteiger partial charge in [0, 0.05) is 17.5 Å². The molecule has 4 heteroatoms. The SMILES string of the molecule is O=C(OC(Cl)Cc1ccc2ccccc2n1)c1ccccc1. The van der Waals surface area contributed by atoms with E-state index < -0.39 is 11.5 Å². The minimum atomic E-state index is -0.749. The number of pyridine rings is 1. The molecule has 1 atom stereocenters. The predicted molar refractivity (Wildman–Crippen MR) is 86.9 cm³/mol. The van der Waals surface area contributed by atoms with Crippen molar-refractivity contribution >= 4 is 28.5 Å². The Bertz CT molecular complexity index is 789. The van der Waals surface area contributed by atoms with E-state index in [1.807, 2.05) is 42.5 Å². The second-order valence-electron chi connectivity index (χ2n) is 4.88. The number of para-hydroxylation sites is 1. The first-order valence-corrected chi connectivity index (χ1v) is 7.41. The van der Waals surface area contributed by atoms with Gasteiger partial charge in [0.1, 0.15) is 0 Å². The Morgan fingerprint density at radius 1 is 1.00 bits per heavy atom. The van der Waals surface area contributed by atoms with Crippen molar-refractivity contribution in [3.63, 3.8) is 0 Å². The zero-order valence-electron chi connectivity index (χ0n) is 11.8. The number of halogens is 1. The Labute approximate surface area is 133 Å². The summed E-state index contributed by atoms with van der Waals surface area (Å²) in [7, 11) is 0. The van der Waals surface area contributed by atoms with Crippen molar-refractivity contribution < 1.29 is 9.53 Å². The second kappa shape index (κ2) is 6.58. The van der Waals surface area contributed by atoms with E-state index in [4.69, 9.17) is 16.3 Å². The van der Waals surface area contributed by atoms with Crippen molar-refractivity contribution in [3.8, 4) is 0 Å². The highest BCUT2D eigenvalue weighted by atomic mass is 35.5. The number of alkyl halides is 1. The van der Waals surface area contributed by atoms with Crippen LogP contribution in [-0.4, -0.2) is 16.5 Å². The van der Waals surface area contributed by atoms with E-state index in [0.29, 0.717) is 12.0 Å². The van der Waals surface area contributed by atoms with Gasteiger partial charge in [0.05, 0.1) is 11.1 Å². The Morgan fingerprint density at radius 3 is 2.55 bits per heavy atom. The summed E-state index contributed by atoms with van der Waals surface area (Å²) in [5.41, 5.74) is 1.43. The number of hydrogen-bond donors (Lipinski definition) is 0. The number of fused-ring (bicyclic) bond motifs is 1. The van der Waals surface area contributed by atoms with E-state index in [-0.39, 0.29) is 0 Å². The number of carbonyl (C=O) groups excluding carboxylic acids is 1. The van der Waals surface area contributed by atoms with Gasteiger partial charge in [-0.15, -0.1) is 0 Å². The number of aromatic nitrogens is 1. The third-order valence-electron chi connectivity index (χ3n) is 3.27. The van der Waals surface area contributed by atoms with E-state index in [1.165, 1.54) is 0 Å². The van der Waals surface area contributed by atoms with Crippen LogP contribution < -0.4 is 0 Å². The largest absolute Gasteiger partial charge is 0.442 e. The maximum absolute atomic E-state index is 11.9. The van der Waals surface area contributed by atoms with Crippen LogP contribution in [0.4, 0.5) is 0 Å². The molecule has 0 fully saturated rings. The molecule has 2 aromatic carbocycles. The molecule has 3 nitrogen and oxygen atoms in total. The zero-order chi connectivity index (χ0) is 15.4. The van der Waals surface area contributed by atoms with Gasteiger partial charge in [-0.2, -0.15) is 0 Å². The van der Waals surface area contributed by atoms with Crippen molar-refractivity contribution in [2.24, 2.45) is 0 Å². The third kappa shape index (κ3) is 3.43. The topological polar surface area (TPSA) is 39.2 Å². The van der Waals surface area contributed by atoms with Crippen molar-refractivity contribution in [2.45, 2.75) is 12.0 Å². The normalized spacial score (nSPS) is 12.0. The first kappa shape index (κ1) is 14.5. The standard InChI is InChI=1S/C18H14ClNO2/c19-17(22-18(21)14-7-2-1-3-8-14)12-15-11-10-13-6-4-5-9-16(13)20-15/h1-11,17H,12H2. The molecule has 1 aromatic heterocycles. The van der Waals surface area contributed by atoms with Crippen molar-refractivity contribution in [1.82, 2.24) is 4.98 Å². The Hall–Kier alpha value is -2.39. The van der Waals surface area contributed by atoms with Gasteiger partial charge in [0.25, 0.3) is 0 Å². The molecule has 3 rings (SSSR count). The maximum atomic E-state index is 11.9. The summed E-state index contributed by atoms with van der Waals surface area (Å²) in [6.07, 6.45) is 0.366. The molecular formula is C18H14ClNO2. The van der Waals surface area contributed by atoms with Crippen LogP contribution in [0.5, 0.6) is 0 Å². The van der Waals surface area contributed by atoms with Crippen molar-refractivity contribution in [1.29, 1.82) is 0 Å². The van der Waals surface area contributed by atoms with Crippen LogP contribution in [0.25, 0.3) is 10.9 Å². The number of ether oxygens (including phenoxy) is 1. The summed E-state index contributed by atoms with van der Waals surface area (Å²) in [5.74, 6) is -0.429. The predicted octanol–water partition coefficient (Wildman–Crippen LogP) is 4.20. The summed E-state index contributed by atoms with van der Waals surface area (Å²) in [6, 6.07) is 20.5. The zero-order valence-corrected chi connectivity index (χ0v) is 12.5. The summed E-state index contributed by atoms with van der Waals surface area (Å²) in [6.45, 7) is 0. The van der Waals surface area contributed by atoms with Crippen molar-refractivity contribution in [2.75, 3.05) is 0 Å². The van der Waals surface area contributed by atoms with Gasteiger partial charge in [-0.3, -0.25) is 4.98 Å². The Balaban J connectivity index is 1.68. The first-order valence-electron chi connectivity index (χ1n) is 6.97. The second-order valence-corrected chi connectivity index (χ2v) is 5.37. The van der Waals surface area contributed by atoms with E-state index in [9.17, 15) is 4.79 Å².